The summed E-state index contributed by atoms with van der Waals surface area (Å²) < 4.78 is 13.4. The van der Waals surface area contributed by atoms with Crippen LogP contribution < -0.4 is 5.32 Å². The molecule has 1 aromatic rings. The van der Waals surface area contributed by atoms with Gasteiger partial charge in [-0.15, -0.1) is 0 Å². The lowest BCUT2D eigenvalue weighted by Crippen LogP contribution is -2.54. The third-order valence-corrected chi connectivity index (χ3v) is 4.50. The number of aliphatic carboxylic acids is 1. The van der Waals surface area contributed by atoms with Crippen molar-refractivity contribution in [2.24, 2.45) is 0 Å². The molecule has 1 aliphatic rings. The number of rotatable bonds is 6. The molecule has 2 N–H and O–H groups in total. The largest absolute Gasteiger partial charge is 0.480 e. The smallest absolute Gasteiger partial charge is 0.317 e. The van der Waals surface area contributed by atoms with Gasteiger partial charge < -0.3 is 10.4 Å². The number of nitrogens with zero attached hydrogens (tertiary/aromatic N) is 1. The van der Waals surface area contributed by atoms with Crippen LogP contribution in [0.3, 0.4) is 0 Å². The van der Waals surface area contributed by atoms with E-state index in [1.165, 1.54) is 18.2 Å². The number of carboxylic acids is 1. The molecule has 0 saturated heterocycles. The molecule has 22 heavy (non-hydrogen) atoms. The number of carboxylic acid groups (broad SMARTS) is 1. The molecular formula is C15H18BrFN2O3. The van der Waals surface area contributed by atoms with Crippen LogP contribution in [-0.4, -0.2) is 47.1 Å². The Kier molecular flexibility index (Phi) is 5.52. The Morgan fingerprint density at radius 2 is 2.14 bits per heavy atom. The maximum absolute atomic E-state index is 13.2. The molecule has 0 unspecified atom stereocenters. The quantitative estimate of drug-likeness (QED) is 0.803. The van der Waals surface area contributed by atoms with Crippen LogP contribution in [0, 0.1) is 5.82 Å². The van der Waals surface area contributed by atoms with E-state index in [2.05, 4.69) is 21.2 Å². The van der Waals surface area contributed by atoms with Crippen LogP contribution in [-0.2, 0) is 4.79 Å². The Morgan fingerprint density at radius 3 is 2.68 bits per heavy atom. The van der Waals surface area contributed by atoms with Crippen molar-refractivity contribution in [1.29, 1.82) is 0 Å². The van der Waals surface area contributed by atoms with Crippen molar-refractivity contribution < 1.29 is 19.1 Å². The van der Waals surface area contributed by atoms with Crippen LogP contribution >= 0.6 is 15.9 Å². The standard InChI is InChI=1S/C15H18BrFN2O3/c1-2-19(8-14(20)21)11-6-10(7-11)18-15(22)9-3-4-13(17)12(16)5-9/h3-5,10-11H,2,6-8H2,1H3,(H,18,22)(H,20,21). The summed E-state index contributed by atoms with van der Waals surface area (Å²) in [4.78, 5) is 24.7. The fourth-order valence-corrected chi connectivity index (χ4v) is 2.96. The van der Waals surface area contributed by atoms with Crippen LogP contribution in [0.1, 0.15) is 30.1 Å². The van der Waals surface area contributed by atoms with Crippen molar-refractivity contribution in [3.63, 3.8) is 0 Å². The molecular weight excluding hydrogens is 355 g/mol. The number of carbonyl (C=O) groups is 2. The Labute approximate surface area is 136 Å². The van der Waals surface area contributed by atoms with Crippen molar-refractivity contribution in [3.8, 4) is 0 Å². The highest BCUT2D eigenvalue weighted by Gasteiger charge is 2.34. The molecule has 5 nitrogen and oxygen atoms in total. The first-order chi connectivity index (χ1) is 10.4. The molecule has 0 atom stereocenters. The van der Waals surface area contributed by atoms with E-state index in [-0.39, 0.29) is 29.0 Å². The highest BCUT2D eigenvalue weighted by atomic mass is 79.9. The fraction of sp³-hybridized carbons (Fsp3) is 0.467. The fourth-order valence-electron chi connectivity index (χ4n) is 2.58. The minimum absolute atomic E-state index is 0.0206. The number of halogens is 2. The van der Waals surface area contributed by atoms with E-state index in [0.29, 0.717) is 12.1 Å². The van der Waals surface area contributed by atoms with Gasteiger partial charge in [-0.3, -0.25) is 14.5 Å². The third kappa shape index (κ3) is 4.04. The molecule has 1 fully saturated rings. The first-order valence-corrected chi connectivity index (χ1v) is 7.91. The Morgan fingerprint density at radius 1 is 1.45 bits per heavy atom. The molecule has 1 saturated carbocycles. The zero-order chi connectivity index (χ0) is 16.3. The number of carbonyl (C=O) groups excluding carboxylic acids is 1. The molecule has 0 radical (unpaired) electrons. The normalized spacial score (nSPS) is 20.5. The maximum atomic E-state index is 13.2. The molecule has 0 heterocycles. The number of nitrogens with one attached hydrogen (secondary N) is 1. The average Bonchev–Trinajstić information content (AvgIpc) is 2.42. The molecule has 0 spiro atoms. The molecule has 1 aromatic carbocycles. The van der Waals surface area contributed by atoms with Crippen LogP contribution in [0.15, 0.2) is 22.7 Å². The van der Waals surface area contributed by atoms with E-state index in [1.807, 2.05) is 11.8 Å². The van der Waals surface area contributed by atoms with Gasteiger partial charge >= 0.3 is 5.97 Å². The van der Waals surface area contributed by atoms with Gasteiger partial charge in [-0.25, -0.2) is 4.39 Å². The Hall–Kier alpha value is -1.47. The van der Waals surface area contributed by atoms with E-state index < -0.39 is 11.8 Å². The van der Waals surface area contributed by atoms with Crippen molar-refractivity contribution in [2.75, 3.05) is 13.1 Å². The average molecular weight is 373 g/mol. The highest BCUT2D eigenvalue weighted by Crippen LogP contribution is 2.26. The van der Waals surface area contributed by atoms with E-state index in [9.17, 15) is 14.0 Å². The summed E-state index contributed by atoms with van der Waals surface area (Å²) in [5.41, 5.74) is 0.398. The summed E-state index contributed by atoms with van der Waals surface area (Å²) in [6.45, 7) is 2.61. The molecule has 120 valence electrons. The van der Waals surface area contributed by atoms with Gasteiger partial charge in [0.15, 0.2) is 0 Å². The van der Waals surface area contributed by atoms with Crippen molar-refractivity contribution in [3.05, 3.63) is 34.1 Å². The summed E-state index contributed by atoms with van der Waals surface area (Å²) in [6.07, 6.45) is 1.46. The second kappa shape index (κ2) is 7.19. The molecule has 1 amide bonds. The van der Waals surface area contributed by atoms with Gasteiger partial charge in [0, 0.05) is 17.6 Å². The number of likely N-dealkylation sites (N-methyl/N-ethyl adjacent to an activating group) is 1. The molecule has 0 aromatic heterocycles. The first-order valence-electron chi connectivity index (χ1n) is 7.12. The van der Waals surface area contributed by atoms with Crippen LogP contribution in [0.5, 0.6) is 0 Å². The summed E-state index contributed by atoms with van der Waals surface area (Å²) in [7, 11) is 0. The van der Waals surface area contributed by atoms with E-state index in [4.69, 9.17) is 5.11 Å². The summed E-state index contributed by atoms with van der Waals surface area (Å²) >= 11 is 3.06. The number of hydrogen-bond donors (Lipinski definition) is 2. The lowest BCUT2D eigenvalue weighted by Gasteiger charge is -2.42. The van der Waals surface area contributed by atoms with Crippen LogP contribution in [0.2, 0.25) is 0 Å². The van der Waals surface area contributed by atoms with Crippen LogP contribution in [0.4, 0.5) is 4.39 Å². The molecule has 7 heteroatoms. The lowest BCUT2D eigenvalue weighted by atomic mass is 9.85. The van der Waals surface area contributed by atoms with Crippen molar-refractivity contribution >= 4 is 27.8 Å². The highest BCUT2D eigenvalue weighted by molar-refractivity contribution is 9.10. The van der Waals surface area contributed by atoms with Crippen LogP contribution in [0.25, 0.3) is 0 Å². The summed E-state index contributed by atoms with van der Waals surface area (Å²) in [5.74, 6) is -1.50. The summed E-state index contributed by atoms with van der Waals surface area (Å²) in [5, 5.41) is 11.7. The van der Waals surface area contributed by atoms with Gasteiger partial charge in [0.2, 0.25) is 0 Å². The molecule has 0 bridgehead atoms. The summed E-state index contributed by atoms with van der Waals surface area (Å²) in [6, 6.07) is 4.35. The monoisotopic (exact) mass is 372 g/mol. The lowest BCUT2D eigenvalue weighted by molar-refractivity contribution is -0.139. The Bertz CT molecular complexity index is 576. The van der Waals surface area contributed by atoms with Crippen molar-refractivity contribution in [2.45, 2.75) is 31.8 Å². The maximum Gasteiger partial charge on any atom is 0.317 e. The predicted octanol–water partition coefficient (Wildman–Crippen LogP) is 2.26. The third-order valence-electron chi connectivity index (χ3n) is 3.89. The zero-order valence-corrected chi connectivity index (χ0v) is 13.8. The molecule has 2 rings (SSSR count). The van der Waals surface area contributed by atoms with E-state index in [0.717, 1.165) is 12.8 Å². The van der Waals surface area contributed by atoms with E-state index in [1.54, 1.807) is 0 Å². The van der Waals surface area contributed by atoms with Gasteiger partial charge in [0.1, 0.15) is 5.82 Å². The number of hydrogen-bond acceptors (Lipinski definition) is 3. The first kappa shape index (κ1) is 16.9. The molecule has 1 aliphatic carbocycles. The van der Waals surface area contributed by atoms with Crippen molar-refractivity contribution in [1.82, 2.24) is 10.2 Å². The van der Waals surface area contributed by atoms with Gasteiger partial charge in [-0.05, 0) is 53.5 Å². The SMILES string of the molecule is CCN(CC(=O)O)C1CC(NC(=O)c2ccc(F)c(Br)c2)C1. The minimum atomic E-state index is -0.842. The van der Waals surface area contributed by atoms with Gasteiger partial charge in [0.05, 0.1) is 11.0 Å². The van der Waals surface area contributed by atoms with E-state index >= 15 is 0 Å². The van der Waals surface area contributed by atoms with Gasteiger partial charge in [0.25, 0.3) is 5.91 Å². The minimum Gasteiger partial charge on any atom is -0.480 e. The topological polar surface area (TPSA) is 69.6 Å². The Balaban J connectivity index is 1.85. The van der Waals surface area contributed by atoms with Gasteiger partial charge in [-0.2, -0.15) is 0 Å². The van der Waals surface area contributed by atoms with Gasteiger partial charge in [-0.1, -0.05) is 6.92 Å². The zero-order valence-electron chi connectivity index (χ0n) is 12.2. The second-order valence-corrected chi connectivity index (χ2v) is 6.24. The predicted molar refractivity (Wildman–Crippen MR) is 83.3 cm³/mol. The number of amides is 1. The second-order valence-electron chi connectivity index (χ2n) is 5.38. The molecule has 0 aliphatic heterocycles. The number of benzene rings is 1.